The highest BCUT2D eigenvalue weighted by Gasteiger charge is 2.30. The van der Waals surface area contributed by atoms with Gasteiger partial charge in [-0.05, 0) is 25.1 Å². The number of hydrogen-bond donors (Lipinski definition) is 0. The second kappa shape index (κ2) is 8.08. The third-order valence-corrected chi connectivity index (χ3v) is 5.55. The number of hydrogen-bond acceptors (Lipinski definition) is 3. The van der Waals surface area contributed by atoms with Crippen molar-refractivity contribution in [2.75, 3.05) is 32.7 Å². The Bertz CT molecular complexity index is 546. The first kappa shape index (κ1) is 18.4. The van der Waals surface area contributed by atoms with E-state index in [1.54, 1.807) is 6.07 Å². The van der Waals surface area contributed by atoms with Crippen LogP contribution in [0.4, 0.5) is 4.39 Å². The standard InChI is InChI=1S/C14H21FN2O2S.ClH/c1-2-3-8-16-9-11-17(12-10-16)20(18,19)14-7-5-4-6-13(14)15;/h4-7H,2-3,8-12H2,1H3;1H. The number of sulfonamides is 1. The van der Waals surface area contributed by atoms with E-state index in [0.29, 0.717) is 26.2 Å². The van der Waals surface area contributed by atoms with Gasteiger partial charge in [-0.25, -0.2) is 12.8 Å². The predicted molar refractivity (Wildman–Crippen MR) is 83.8 cm³/mol. The Labute approximate surface area is 132 Å². The Kier molecular flexibility index (Phi) is 7.06. The molecule has 0 unspecified atom stereocenters. The van der Waals surface area contributed by atoms with Gasteiger partial charge in [0.25, 0.3) is 0 Å². The topological polar surface area (TPSA) is 40.6 Å². The van der Waals surface area contributed by atoms with Crippen molar-refractivity contribution in [2.24, 2.45) is 0 Å². The first-order valence-electron chi connectivity index (χ1n) is 7.02. The molecule has 1 aliphatic heterocycles. The van der Waals surface area contributed by atoms with E-state index in [1.165, 1.54) is 22.5 Å². The van der Waals surface area contributed by atoms with Crippen molar-refractivity contribution in [3.63, 3.8) is 0 Å². The predicted octanol–water partition coefficient (Wildman–Crippen LogP) is 2.35. The van der Waals surface area contributed by atoms with Crippen LogP contribution in [0.3, 0.4) is 0 Å². The van der Waals surface area contributed by atoms with Crippen LogP contribution in [0.5, 0.6) is 0 Å². The number of piperazine rings is 1. The van der Waals surface area contributed by atoms with E-state index >= 15 is 0 Å². The quantitative estimate of drug-likeness (QED) is 0.828. The van der Waals surface area contributed by atoms with Crippen molar-refractivity contribution in [1.29, 1.82) is 0 Å². The van der Waals surface area contributed by atoms with E-state index in [0.717, 1.165) is 19.4 Å². The summed E-state index contributed by atoms with van der Waals surface area (Å²) >= 11 is 0. The van der Waals surface area contributed by atoms with Crippen molar-refractivity contribution >= 4 is 22.4 Å². The van der Waals surface area contributed by atoms with Crippen LogP contribution in [0, 0.1) is 5.82 Å². The largest absolute Gasteiger partial charge is 0.301 e. The summed E-state index contributed by atoms with van der Waals surface area (Å²) in [5.74, 6) is -0.680. The summed E-state index contributed by atoms with van der Waals surface area (Å²) in [4.78, 5) is 2.04. The first-order valence-corrected chi connectivity index (χ1v) is 8.46. The highest BCUT2D eigenvalue weighted by atomic mass is 35.5. The van der Waals surface area contributed by atoms with Gasteiger partial charge in [0.1, 0.15) is 10.7 Å². The van der Waals surface area contributed by atoms with Crippen LogP contribution >= 0.6 is 12.4 Å². The molecule has 0 amide bonds. The monoisotopic (exact) mass is 336 g/mol. The molecule has 0 radical (unpaired) electrons. The van der Waals surface area contributed by atoms with Gasteiger partial charge in [0, 0.05) is 26.2 Å². The molecule has 1 saturated heterocycles. The van der Waals surface area contributed by atoms with Crippen LogP contribution in [-0.2, 0) is 10.0 Å². The fourth-order valence-electron chi connectivity index (χ4n) is 2.37. The molecule has 0 N–H and O–H groups in total. The fourth-order valence-corrected chi connectivity index (χ4v) is 3.86. The first-order chi connectivity index (χ1) is 9.55. The SMILES string of the molecule is CCCCN1CCN(S(=O)(=O)c2ccccc2F)CC1.Cl. The van der Waals surface area contributed by atoms with E-state index in [4.69, 9.17) is 0 Å². The maximum absolute atomic E-state index is 13.7. The molecule has 0 saturated carbocycles. The highest BCUT2D eigenvalue weighted by molar-refractivity contribution is 7.89. The summed E-state index contributed by atoms with van der Waals surface area (Å²) in [6.45, 7) is 5.44. The Morgan fingerprint density at radius 2 is 1.76 bits per heavy atom. The molecule has 0 bridgehead atoms. The maximum Gasteiger partial charge on any atom is 0.246 e. The van der Waals surface area contributed by atoms with Gasteiger partial charge >= 0.3 is 0 Å². The van der Waals surface area contributed by atoms with Gasteiger partial charge in [0.05, 0.1) is 0 Å². The third-order valence-electron chi connectivity index (χ3n) is 3.61. The van der Waals surface area contributed by atoms with Crippen molar-refractivity contribution in [2.45, 2.75) is 24.7 Å². The summed E-state index contributed by atoms with van der Waals surface area (Å²) in [6.07, 6.45) is 2.26. The molecule has 1 fully saturated rings. The number of unbranched alkanes of at least 4 members (excludes halogenated alkanes) is 1. The molecule has 1 aliphatic rings. The fraction of sp³-hybridized carbons (Fsp3) is 0.571. The van der Waals surface area contributed by atoms with Gasteiger partial charge in [-0.1, -0.05) is 25.5 Å². The zero-order chi connectivity index (χ0) is 14.6. The van der Waals surface area contributed by atoms with Gasteiger partial charge in [-0.3, -0.25) is 0 Å². The molecule has 21 heavy (non-hydrogen) atoms. The van der Waals surface area contributed by atoms with Gasteiger partial charge < -0.3 is 4.90 Å². The molecule has 120 valence electrons. The Balaban J connectivity index is 0.00000220. The molecule has 0 spiro atoms. The summed E-state index contributed by atoms with van der Waals surface area (Å²) in [5, 5.41) is 0. The van der Waals surface area contributed by atoms with Crippen LogP contribution in [0.2, 0.25) is 0 Å². The van der Waals surface area contributed by atoms with Gasteiger partial charge in [-0.15, -0.1) is 12.4 Å². The van der Waals surface area contributed by atoms with Crippen LogP contribution in [0.15, 0.2) is 29.2 Å². The zero-order valence-corrected chi connectivity index (χ0v) is 13.8. The minimum atomic E-state index is -3.70. The number of nitrogens with zero attached hydrogens (tertiary/aromatic N) is 2. The molecule has 0 atom stereocenters. The average Bonchev–Trinajstić information content (AvgIpc) is 2.46. The molecule has 0 aromatic heterocycles. The second-order valence-electron chi connectivity index (χ2n) is 5.03. The lowest BCUT2D eigenvalue weighted by atomic mass is 10.3. The normalized spacial score (nSPS) is 17.4. The number of benzene rings is 1. The van der Waals surface area contributed by atoms with E-state index in [1.807, 2.05) is 0 Å². The minimum Gasteiger partial charge on any atom is -0.301 e. The molecule has 4 nitrogen and oxygen atoms in total. The van der Waals surface area contributed by atoms with E-state index in [2.05, 4.69) is 11.8 Å². The van der Waals surface area contributed by atoms with E-state index in [-0.39, 0.29) is 17.3 Å². The molecule has 1 heterocycles. The van der Waals surface area contributed by atoms with Gasteiger partial charge in [0.15, 0.2) is 0 Å². The lowest BCUT2D eigenvalue weighted by molar-refractivity contribution is 0.186. The third kappa shape index (κ3) is 4.39. The van der Waals surface area contributed by atoms with Crippen LogP contribution in [0.1, 0.15) is 19.8 Å². The van der Waals surface area contributed by atoms with E-state index < -0.39 is 15.8 Å². The maximum atomic E-state index is 13.7. The van der Waals surface area contributed by atoms with Gasteiger partial charge in [-0.2, -0.15) is 4.31 Å². The highest BCUT2D eigenvalue weighted by Crippen LogP contribution is 2.20. The van der Waals surface area contributed by atoms with Crippen LogP contribution < -0.4 is 0 Å². The summed E-state index contributed by atoms with van der Waals surface area (Å²) in [7, 11) is -3.70. The van der Waals surface area contributed by atoms with Crippen molar-refractivity contribution < 1.29 is 12.8 Å². The number of halogens is 2. The second-order valence-corrected chi connectivity index (χ2v) is 6.94. The van der Waals surface area contributed by atoms with Crippen molar-refractivity contribution in [3.05, 3.63) is 30.1 Å². The molecular formula is C14H22ClFN2O2S. The lowest BCUT2D eigenvalue weighted by Crippen LogP contribution is -2.48. The van der Waals surface area contributed by atoms with Crippen LogP contribution in [-0.4, -0.2) is 50.3 Å². The molecular weight excluding hydrogens is 315 g/mol. The van der Waals surface area contributed by atoms with Crippen molar-refractivity contribution in [1.82, 2.24) is 9.21 Å². The molecule has 1 aromatic rings. The van der Waals surface area contributed by atoms with E-state index in [9.17, 15) is 12.8 Å². The minimum absolute atomic E-state index is 0. The average molecular weight is 337 g/mol. The molecule has 7 heteroatoms. The molecule has 0 aliphatic carbocycles. The van der Waals surface area contributed by atoms with Gasteiger partial charge in [0.2, 0.25) is 10.0 Å². The Morgan fingerprint density at radius 1 is 1.14 bits per heavy atom. The summed E-state index contributed by atoms with van der Waals surface area (Å²) < 4.78 is 39.8. The van der Waals surface area contributed by atoms with Crippen molar-refractivity contribution in [3.8, 4) is 0 Å². The molecule has 2 rings (SSSR count). The Hall–Kier alpha value is -0.690. The number of rotatable bonds is 5. The lowest BCUT2D eigenvalue weighted by Gasteiger charge is -2.33. The molecule has 1 aromatic carbocycles. The summed E-state index contributed by atoms with van der Waals surface area (Å²) in [5.41, 5.74) is 0. The Morgan fingerprint density at radius 3 is 2.33 bits per heavy atom. The zero-order valence-electron chi connectivity index (χ0n) is 12.2. The smallest absolute Gasteiger partial charge is 0.246 e. The van der Waals surface area contributed by atoms with Crippen LogP contribution in [0.25, 0.3) is 0 Å². The summed E-state index contributed by atoms with van der Waals surface area (Å²) in [6, 6.07) is 5.56.